The summed E-state index contributed by atoms with van der Waals surface area (Å²) in [6, 6.07) is 13.5. The number of aryl methyl sites for hydroxylation is 2. The average Bonchev–Trinajstić information content (AvgIpc) is 2.56. The Bertz CT molecular complexity index is 903. The van der Waals surface area contributed by atoms with Crippen LogP contribution in [0, 0.1) is 13.8 Å². The largest absolute Gasteiger partial charge is 0.462 e. The van der Waals surface area contributed by atoms with Crippen LogP contribution in [0.3, 0.4) is 0 Å². The van der Waals surface area contributed by atoms with Crippen molar-refractivity contribution in [3.05, 3.63) is 65.4 Å². The van der Waals surface area contributed by atoms with Crippen molar-refractivity contribution in [2.24, 2.45) is 0 Å². The maximum atomic E-state index is 11.9. The molecule has 0 radical (unpaired) electrons. The minimum Gasteiger partial charge on any atom is -0.462 e. The summed E-state index contributed by atoms with van der Waals surface area (Å²) in [7, 11) is 0. The molecule has 24 heavy (non-hydrogen) atoms. The standard InChI is InChI=1S/C20H20N2O2/c1-4-24-20(23)15-6-5-7-16(12-15)22-18-8-9-21-19-14(3)10-13(2)11-17(18)19/h5-12H,4H2,1-3H3,(H,21,22). The van der Waals surface area contributed by atoms with Crippen LogP contribution >= 0.6 is 0 Å². The number of aromatic nitrogens is 1. The number of carbonyl (C=O) groups is 1. The van der Waals surface area contributed by atoms with Crippen LogP contribution in [0.5, 0.6) is 0 Å². The van der Waals surface area contributed by atoms with Crippen molar-refractivity contribution in [3.8, 4) is 0 Å². The van der Waals surface area contributed by atoms with Gasteiger partial charge in [-0.1, -0.05) is 17.7 Å². The van der Waals surface area contributed by atoms with E-state index in [-0.39, 0.29) is 5.97 Å². The molecule has 0 saturated carbocycles. The highest BCUT2D eigenvalue weighted by Crippen LogP contribution is 2.28. The van der Waals surface area contributed by atoms with Gasteiger partial charge in [-0.15, -0.1) is 0 Å². The van der Waals surface area contributed by atoms with Gasteiger partial charge in [0.2, 0.25) is 0 Å². The van der Waals surface area contributed by atoms with Crippen molar-refractivity contribution >= 4 is 28.2 Å². The van der Waals surface area contributed by atoms with Gasteiger partial charge in [0, 0.05) is 23.0 Å². The second kappa shape index (κ2) is 6.71. The lowest BCUT2D eigenvalue weighted by molar-refractivity contribution is 0.0526. The van der Waals surface area contributed by atoms with Crippen LogP contribution < -0.4 is 5.32 Å². The quantitative estimate of drug-likeness (QED) is 0.703. The van der Waals surface area contributed by atoms with E-state index in [0.717, 1.165) is 27.8 Å². The molecule has 122 valence electrons. The van der Waals surface area contributed by atoms with Gasteiger partial charge in [0.1, 0.15) is 0 Å². The lowest BCUT2D eigenvalue weighted by atomic mass is 10.1. The van der Waals surface area contributed by atoms with Crippen molar-refractivity contribution in [1.29, 1.82) is 0 Å². The number of hydrogen-bond donors (Lipinski definition) is 1. The second-order valence-electron chi connectivity index (χ2n) is 5.76. The van der Waals surface area contributed by atoms with Crippen LogP contribution in [-0.2, 0) is 4.74 Å². The number of carbonyl (C=O) groups excluding carboxylic acids is 1. The first-order valence-electron chi connectivity index (χ1n) is 7.98. The molecule has 0 fully saturated rings. The SMILES string of the molecule is CCOC(=O)c1cccc(Nc2ccnc3c(C)cc(C)cc23)c1. The number of pyridine rings is 1. The first-order valence-corrected chi connectivity index (χ1v) is 7.98. The Hall–Kier alpha value is -2.88. The van der Waals surface area contributed by atoms with Gasteiger partial charge in [0.15, 0.2) is 0 Å². The van der Waals surface area contributed by atoms with E-state index in [2.05, 4.69) is 36.3 Å². The molecule has 3 rings (SSSR count). The zero-order valence-corrected chi connectivity index (χ0v) is 14.1. The molecule has 0 aliphatic carbocycles. The summed E-state index contributed by atoms with van der Waals surface area (Å²) in [5.41, 5.74) is 5.66. The molecule has 0 spiro atoms. The highest BCUT2D eigenvalue weighted by molar-refractivity contribution is 5.96. The topological polar surface area (TPSA) is 51.2 Å². The number of fused-ring (bicyclic) bond motifs is 1. The molecular weight excluding hydrogens is 300 g/mol. The summed E-state index contributed by atoms with van der Waals surface area (Å²) >= 11 is 0. The highest BCUT2D eigenvalue weighted by Gasteiger charge is 2.09. The first kappa shape index (κ1) is 16.0. The third kappa shape index (κ3) is 3.23. The Morgan fingerprint density at radius 3 is 2.79 bits per heavy atom. The summed E-state index contributed by atoms with van der Waals surface area (Å²) in [5, 5.41) is 4.46. The maximum Gasteiger partial charge on any atom is 0.338 e. The molecule has 0 aliphatic heterocycles. The number of esters is 1. The fourth-order valence-electron chi connectivity index (χ4n) is 2.82. The highest BCUT2D eigenvalue weighted by atomic mass is 16.5. The van der Waals surface area contributed by atoms with E-state index in [0.29, 0.717) is 12.2 Å². The number of nitrogens with one attached hydrogen (secondary N) is 1. The predicted molar refractivity (Wildman–Crippen MR) is 96.9 cm³/mol. The number of hydrogen-bond acceptors (Lipinski definition) is 4. The molecule has 0 bridgehead atoms. The van der Waals surface area contributed by atoms with E-state index < -0.39 is 0 Å². The van der Waals surface area contributed by atoms with Gasteiger partial charge in [0.05, 0.1) is 17.7 Å². The molecule has 0 atom stereocenters. The first-order chi connectivity index (χ1) is 11.6. The summed E-state index contributed by atoms with van der Waals surface area (Å²) < 4.78 is 5.06. The number of anilines is 2. The minimum atomic E-state index is -0.313. The molecule has 1 heterocycles. The van der Waals surface area contributed by atoms with E-state index in [1.807, 2.05) is 18.2 Å². The van der Waals surface area contributed by atoms with E-state index in [1.54, 1.807) is 25.3 Å². The molecule has 0 amide bonds. The Balaban J connectivity index is 1.99. The van der Waals surface area contributed by atoms with Crippen molar-refractivity contribution in [3.63, 3.8) is 0 Å². The Labute approximate surface area is 141 Å². The van der Waals surface area contributed by atoms with Gasteiger partial charge in [-0.05, 0) is 56.7 Å². The monoisotopic (exact) mass is 320 g/mol. The van der Waals surface area contributed by atoms with Crippen LogP contribution in [0.25, 0.3) is 10.9 Å². The molecule has 4 heteroatoms. The second-order valence-corrected chi connectivity index (χ2v) is 5.76. The van der Waals surface area contributed by atoms with Gasteiger partial charge < -0.3 is 10.1 Å². The average molecular weight is 320 g/mol. The lowest BCUT2D eigenvalue weighted by Crippen LogP contribution is -2.05. The molecule has 1 N–H and O–H groups in total. The van der Waals surface area contributed by atoms with Gasteiger partial charge in [0.25, 0.3) is 0 Å². The van der Waals surface area contributed by atoms with Crippen molar-refractivity contribution in [1.82, 2.24) is 4.98 Å². The lowest BCUT2D eigenvalue weighted by Gasteiger charge is -2.12. The van der Waals surface area contributed by atoms with Crippen LogP contribution in [0.4, 0.5) is 11.4 Å². The van der Waals surface area contributed by atoms with E-state index >= 15 is 0 Å². The van der Waals surface area contributed by atoms with Crippen molar-refractivity contribution in [2.75, 3.05) is 11.9 Å². The zero-order chi connectivity index (χ0) is 17.1. The number of rotatable bonds is 4. The van der Waals surface area contributed by atoms with Gasteiger partial charge in [-0.3, -0.25) is 4.98 Å². The van der Waals surface area contributed by atoms with Gasteiger partial charge >= 0.3 is 5.97 Å². The third-order valence-corrected chi connectivity index (χ3v) is 3.83. The molecule has 0 aliphatic rings. The number of nitrogens with zero attached hydrogens (tertiary/aromatic N) is 1. The van der Waals surface area contributed by atoms with Crippen LogP contribution in [0.15, 0.2) is 48.7 Å². The fraction of sp³-hybridized carbons (Fsp3) is 0.200. The Morgan fingerprint density at radius 1 is 1.17 bits per heavy atom. The summed E-state index contributed by atoms with van der Waals surface area (Å²) in [4.78, 5) is 16.4. The van der Waals surface area contributed by atoms with Gasteiger partial charge in [-0.25, -0.2) is 4.79 Å². The van der Waals surface area contributed by atoms with E-state index in [9.17, 15) is 4.79 Å². The molecular formula is C20H20N2O2. The smallest absolute Gasteiger partial charge is 0.338 e. The number of ether oxygens (including phenoxy) is 1. The molecule has 1 aromatic heterocycles. The Morgan fingerprint density at radius 2 is 2.00 bits per heavy atom. The molecule has 3 aromatic rings. The molecule has 2 aromatic carbocycles. The predicted octanol–water partition coefficient (Wildman–Crippen LogP) is 4.77. The molecule has 4 nitrogen and oxygen atoms in total. The van der Waals surface area contributed by atoms with E-state index in [4.69, 9.17) is 4.74 Å². The fourth-order valence-corrected chi connectivity index (χ4v) is 2.82. The summed E-state index contributed by atoms with van der Waals surface area (Å²) in [6.45, 7) is 6.30. The zero-order valence-electron chi connectivity index (χ0n) is 14.1. The van der Waals surface area contributed by atoms with E-state index in [1.165, 1.54) is 5.56 Å². The summed E-state index contributed by atoms with van der Waals surface area (Å²) in [6.07, 6.45) is 1.79. The summed E-state index contributed by atoms with van der Waals surface area (Å²) in [5.74, 6) is -0.313. The van der Waals surface area contributed by atoms with Crippen molar-refractivity contribution < 1.29 is 9.53 Å². The van der Waals surface area contributed by atoms with Crippen molar-refractivity contribution in [2.45, 2.75) is 20.8 Å². The van der Waals surface area contributed by atoms with Crippen LogP contribution in [0.1, 0.15) is 28.4 Å². The molecule has 0 saturated heterocycles. The van der Waals surface area contributed by atoms with Crippen LogP contribution in [0.2, 0.25) is 0 Å². The maximum absolute atomic E-state index is 11.9. The van der Waals surface area contributed by atoms with Crippen LogP contribution in [-0.4, -0.2) is 17.6 Å². The minimum absolute atomic E-state index is 0.313. The molecule has 0 unspecified atom stereocenters. The normalized spacial score (nSPS) is 10.6. The number of benzene rings is 2. The van der Waals surface area contributed by atoms with Gasteiger partial charge in [-0.2, -0.15) is 0 Å². The third-order valence-electron chi connectivity index (χ3n) is 3.83. The Kier molecular flexibility index (Phi) is 4.47.